The van der Waals surface area contributed by atoms with Gasteiger partial charge >= 0.3 is 0 Å². The first-order chi connectivity index (χ1) is 12.4. The molecule has 1 heterocycles. The molecule has 0 radical (unpaired) electrons. The standard InChI is InChI=1S/C20H29BrN2O2S/c1-14(2)15(3)22-20(25)16-8-11-23(12-9-16)19(24)10-13-26-18-7-5-4-6-17(18)21/h4-7,14-16H,8-13H2,1-3H3,(H,22,25). The van der Waals surface area contributed by atoms with Gasteiger partial charge in [-0.05, 0) is 53.7 Å². The zero-order valence-corrected chi connectivity index (χ0v) is 18.2. The van der Waals surface area contributed by atoms with Crippen LogP contribution in [0, 0.1) is 11.8 Å². The lowest BCUT2D eigenvalue weighted by Gasteiger charge is -2.32. The fourth-order valence-corrected chi connectivity index (χ4v) is 4.37. The van der Waals surface area contributed by atoms with E-state index in [-0.39, 0.29) is 23.8 Å². The van der Waals surface area contributed by atoms with Crippen molar-refractivity contribution in [3.8, 4) is 0 Å². The molecule has 144 valence electrons. The number of amides is 2. The van der Waals surface area contributed by atoms with E-state index in [2.05, 4.69) is 41.2 Å². The highest BCUT2D eigenvalue weighted by atomic mass is 79.9. The Morgan fingerprint density at radius 1 is 1.23 bits per heavy atom. The number of rotatable bonds is 7. The van der Waals surface area contributed by atoms with E-state index in [9.17, 15) is 9.59 Å². The molecule has 2 amide bonds. The van der Waals surface area contributed by atoms with Gasteiger partial charge in [-0.2, -0.15) is 0 Å². The Kier molecular flexibility index (Phi) is 8.48. The third kappa shape index (κ3) is 6.31. The number of piperidine rings is 1. The zero-order chi connectivity index (χ0) is 19.1. The molecule has 1 saturated heterocycles. The van der Waals surface area contributed by atoms with Crippen LogP contribution in [0.25, 0.3) is 0 Å². The number of halogens is 1. The summed E-state index contributed by atoms with van der Waals surface area (Å²) in [5, 5.41) is 3.10. The van der Waals surface area contributed by atoms with Crippen LogP contribution in [-0.4, -0.2) is 41.6 Å². The van der Waals surface area contributed by atoms with E-state index in [0.29, 0.717) is 25.4 Å². The number of hydrogen-bond donors (Lipinski definition) is 1. The monoisotopic (exact) mass is 440 g/mol. The second-order valence-electron chi connectivity index (χ2n) is 7.23. The maximum Gasteiger partial charge on any atom is 0.223 e. The second kappa shape index (κ2) is 10.4. The van der Waals surface area contributed by atoms with Gasteiger partial charge in [0.1, 0.15) is 0 Å². The van der Waals surface area contributed by atoms with Crippen molar-refractivity contribution in [2.24, 2.45) is 11.8 Å². The number of thioether (sulfide) groups is 1. The summed E-state index contributed by atoms with van der Waals surface area (Å²) in [7, 11) is 0. The van der Waals surface area contributed by atoms with E-state index in [1.165, 1.54) is 0 Å². The van der Waals surface area contributed by atoms with Crippen molar-refractivity contribution in [1.29, 1.82) is 0 Å². The van der Waals surface area contributed by atoms with Crippen LogP contribution in [0.1, 0.15) is 40.0 Å². The van der Waals surface area contributed by atoms with Crippen molar-refractivity contribution in [2.45, 2.75) is 51.0 Å². The van der Waals surface area contributed by atoms with Crippen LogP contribution in [0.2, 0.25) is 0 Å². The maximum absolute atomic E-state index is 12.4. The molecule has 6 heteroatoms. The molecule has 0 aromatic heterocycles. The van der Waals surface area contributed by atoms with Crippen LogP contribution < -0.4 is 5.32 Å². The highest BCUT2D eigenvalue weighted by Crippen LogP contribution is 2.28. The van der Waals surface area contributed by atoms with Gasteiger partial charge in [-0.3, -0.25) is 9.59 Å². The largest absolute Gasteiger partial charge is 0.353 e. The van der Waals surface area contributed by atoms with E-state index in [4.69, 9.17) is 0 Å². The van der Waals surface area contributed by atoms with Gasteiger partial charge < -0.3 is 10.2 Å². The minimum Gasteiger partial charge on any atom is -0.353 e. The third-order valence-electron chi connectivity index (χ3n) is 5.00. The molecule has 0 aliphatic carbocycles. The van der Waals surface area contributed by atoms with Crippen molar-refractivity contribution >= 4 is 39.5 Å². The highest BCUT2D eigenvalue weighted by Gasteiger charge is 2.28. The molecule has 1 unspecified atom stereocenters. The molecule has 1 aliphatic rings. The summed E-state index contributed by atoms with van der Waals surface area (Å²) in [6, 6.07) is 8.25. The summed E-state index contributed by atoms with van der Waals surface area (Å²) in [6.07, 6.45) is 2.06. The lowest BCUT2D eigenvalue weighted by molar-refractivity contribution is -0.135. The highest BCUT2D eigenvalue weighted by molar-refractivity contribution is 9.10. The van der Waals surface area contributed by atoms with Gasteiger partial charge in [-0.1, -0.05) is 26.0 Å². The molecule has 1 N–H and O–H groups in total. The van der Waals surface area contributed by atoms with Gasteiger partial charge in [0.05, 0.1) is 0 Å². The van der Waals surface area contributed by atoms with Gasteiger partial charge in [0.15, 0.2) is 0 Å². The molecule has 2 rings (SSSR count). The maximum atomic E-state index is 12.4. The Bertz CT molecular complexity index is 616. The predicted octanol–water partition coefficient (Wildman–Crippen LogP) is 4.33. The smallest absolute Gasteiger partial charge is 0.223 e. The number of nitrogens with zero attached hydrogens (tertiary/aromatic N) is 1. The Balaban J connectivity index is 1.71. The van der Waals surface area contributed by atoms with Gasteiger partial charge in [-0.15, -0.1) is 11.8 Å². The topological polar surface area (TPSA) is 49.4 Å². The van der Waals surface area contributed by atoms with E-state index in [0.717, 1.165) is 28.0 Å². The summed E-state index contributed by atoms with van der Waals surface area (Å²) in [5.41, 5.74) is 0. The average Bonchev–Trinajstić information content (AvgIpc) is 2.63. The molecule has 0 saturated carbocycles. The SMILES string of the molecule is CC(C)C(C)NC(=O)C1CCN(C(=O)CCSc2ccccc2Br)CC1. The van der Waals surface area contributed by atoms with E-state index in [1.54, 1.807) is 11.8 Å². The normalized spacial score (nSPS) is 16.6. The van der Waals surface area contributed by atoms with Crippen molar-refractivity contribution < 1.29 is 9.59 Å². The molecule has 1 aromatic carbocycles. The fraction of sp³-hybridized carbons (Fsp3) is 0.600. The van der Waals surface area contributed by atoms with E-state index in [1.807, 2.05) is 30.0 Å². The van der Waals surface area contributed by atoms with Crippen LogP contribution in [-0.2, 0) is 9.59 Å². The molecule has 1 atom stereocenters. The lowest BCUT2D eigenvalue weighted by atomic mass is 9.94. The molecule has 0 spiro atoms. The van der Waals surface area contributed by atoms with Gasteiger partial charge in [0.25, 0.3) is 0 Å². The van der Waals surface area contributed by atoms with Crippen molar-refractivity contribution in [2.75, 3.05) is 18.8 Å². The van der Waals surface area contributed by atoms with E-state index < -0.39 is 0 Å². The number of nitrogens with one attached hydrogen (secondary N) is 1. The van der Waals surface area contributed by atoms with E-state index >= 15 is 0 Å². The molecule has 1 fully saturated rings. The van der Waals surface area contributed by atoms with Crippen molar-refractivity contribution in [3.63, 3.8) is 0 Å². The predicted molar refractivity (Wildman–Crippen MR) is 111 cm³/mol. The fourth-order valence-electron chi connectivity index (χ4n) is 2.87. The Labute approximate surface area is 169 Å². The van der Waals surface area contributed by atoms with Crippen LogP contribution in [0.4, 0.5) is 0 Å². The molecule has 1 aliphatic heterocycles. The van der Waals surface area contributed by atoms with Gasteiger partial charge in [0, 0.05) is 46.6 Å². The third-order valence-corrected chi connectivity index (χ3v) is 7.03. The number of hydrogen-bond acceptors (Lipinski definition) is 3. The number of benzene rings is 1. The first kappa shape index (κ1) is 21.3. The van der Waals surface area contributed by atoms with Gasteiger partial charge in [-0.25, -0.2) is 0 Å². The quantitative estimate of drug-likeness (QED) is 0.641. The first-order valence-electron chi connectivity index (χ1n) is 9.34. The molecule has 4 nitrogen and oxygen atoms in total. The van der Waals surface area contributed by atoms with Crippen LogP contribution in [0.3, 0.4) is 0 Å². The van der Waals surface area contributed by atoms with Crippen molar-refractivity contribution in [3.05, 3.63) is 28.7 Å². The number of carbonyl (C=O) groups is 2. The second-order valence-corrected chi connectivity index (χ2v) is 9.22. The minimum atomic E-state index is 0.0369. The Hall–Kier alpha value is -1.01. The molecule has 0 bridgehead atoms. The summed E-state index contributed by atoms with van der Waals surface area (Å²) in [6.45, 7) is 7.64. The lowest BCUT2D eigenvalue weighted by Crippen LogP contribution is -2.45. The van der Waals surface area contributed by atoms with Gasteiger partial charge in [0.2, 0.25) is 11.8 Å². The minimum absolute atomic E-state index is 0.0369. The summed E-state index contributed by atoms with van der Waals surface area (Å²) in [5.74, 6) is 1.58. The molecule has 1 aromatic rings. The Morgan fingerprint density at radius 3 is 2.50 bits per heavy atom. The molecular formula is C20H29BrN2O2S. The molecule has 26 heavy (non-hydrogen) atoms. The summed E-state index contributed by atoms with van der Waals surface area (Å²) in [4.78, 5) is 27.8. The number of carbonyl (C=O) groups excluding carboxylic acids is 2. The summed E-state index contributed by atoms with van der Waals surface area (Å²) < 4.78 is 1.07. The van der Waals surface area contributed by atoms with Crippen LogP contribution in [0.5, 0.6) is 0 Å². The molecular weight excluding hydrogens is 412 g/mol. The van der Waals surface area contributed by atoms with Crippen molar-refractivity contribution in [1.82, 2.24) is 10.2 Å². The number of likely N-dealkylation sites (tertiary alicyclic amines) is 1. The summed E-state index contributed by atoms with van der Waals surface area (Å²) >= 11 is 5.23. The van der Waals surface area contributed by atoms with Crippen LogP contribution >= 0.6 is 27.7 Å². The first-order valence-corrected chi connectivity index (χ1v) is 11.1. The zero-order valence-electron chi connectivity index (χ0n) is 15.8. The Morgan fingerprint density at radius 2 is 1.88 bits per heavy atom. The van der Waals surface area contributed by atoms with Crippen LogP contribution in [0.15, 0.2) is 33.6 Å². The average molecular weight is 441 g/mol.